The van der Waals surface area contributed by atoms with Gasteiger partial charge in [-0.1, -0.05) is 0 Å². The van der Waals surface area contributed by atoms with E-state index in [1.165, 1.54) is 19.3 Å². The summed E-state index contributed by atoms with van der Waals surface area (Å²) in [4.78, 5) is 4.82. The van der Waals surface area contributed by atoms with Gasteiger partial charge < -0.3 is 19.8 Å². The second-order valence-electron chi connectivity index (χ2n) is 6.69. The molecule has 0 amide bonds. The predicted octanol–water partition coefficient (Wildman–Crippen LogP) is 2.68. The first-order valence-electron chi connectivity index (χ1n) is 9.01. The van der Waals surface area contributed by atoms with E-state index in [0.717, 1.165) is 56.1 Å². The molecule has 24 heavy (non-hydrogen) atoms. The van der Waals surface area contributed by atoms with Crippen LogP contribution in [0.2, 0.25) is 0 Å². The summed E-state index contributed by atoms with van der Waals surface area (Å²) in [6.45, 7) is 3.40. The van der Waals surface area contributed by atoms with Crippen LogP contribution in [0.5, 0.6) is 0 Å². The number of hydrogen-bond donors (Lipinski definition) is 2. The zero-order chi connectivity index (χ0) is 16.6. The van der Waals surface area contributed by atoms with Gasteiger partial charge in [0.1, 0.15) is 5.76 Å². The van der Waals surface area contributed by atoms with Gasteiger partial charge in [0, 0.05) is 43.3 Å². The van der Waals surface area contributed by atoms with Crippen molar-refractivity contribution >= 4 is 17.7 Å². The fraction of sp³-hybridized carbons (Fsp3) is 0.722. The van der Waals surface area contributed by atoms with Crippen molar-refractivity contribution in [3.63, 3.8) is 0 Å². The number of nitrogens with one attached hydrogen (secondary N) is 2. The number of hydrogen-bond acceptors (Lipinski definition) is 4. The van der Waals surface area contributed by atoms with E-state index in [1.807, 2.05) is 23.9 Å². The summed E-state index contributed by atoms with van der Waals surface area (Å²) in [7, 11) is 0. The summed E-state index contributed by atoms with van der Waals surface area (Å²) in [5.41, 5.74) is 0. The van der Waals surface area contributed by atoms with Crippen LogP contribution >= 0.6 is 11.8 Å². The van der Waals surface area contributed by atoms with Gasteiger partial charge in [0.2, 0.25) is 0 Å². The van der Waals surface area contributed by atoms with Gasteiger partial charge in [-0.05, 0) is 44.1 Å². The number of nitrogens with zero attached hydrogens (tertiary/aromatic N) is 1. The maximum atomic E-state index is 5.46. The molecule has 0 bridgehead atoms. The molecule has 6 heteroatoms. The van der Waals surface area contributed by atoms with E-state index in [2.05, 4.69) is 16.9 Å². The molecule has 2 N–H and O–H groups in total. The maximum Gasteiger partial charge on any atom is 0.191 e. The Morgan fingerprint density at radius 2 is 2.33 bits per heavy atom. The van der Waals surface area contributed by atoms with Crippen LogP contribution in [-0.4, -0.2) is 49.8 Å². The molecule has 2 aliphatic rings. The fourth-order valence-electron chi connectivity index (χ4n) is 3.34. The van der Waals surface area contributed by atoms with Gasteiger partial charge in [-0.2, -0.15) is 11.8 Å². The number of rotatable bonds is 7. The summed E-state index contributed by atoms with van der Waals surface area (Å²) < 4.78 is 10.9. The van der Waals surface area contributed by atoms with Gasteiger partial charge >= 0.3 is 0 Å². The Morgan fingerprint density at radius 3 is 3.04 bits per heavy atom. The molecular formula is C18H29N3O2S. The lowest BCUT2D eigenvalue weighted by atomic mass is 10.1. The molecule has 1 aliphatic carbocycles. The Morgan fingerprint density at radius 1 is 1.38 bits per heavy atom. The summed E-state index contributed by atoms with van der Waals surface area (Å²) in [5, 5.41) is 7.90. The molecule has 3 unspecified atom stereocenters. The van der Waals surface area contributed by atoms with E-state index in [0.29, 0.717) is 12.0 Å². The molecule has 5 nitrogen and oxygen atoms in total. The highest BCUT2D eigenvalue weighted by Crippen LogP contribution is 2.28. The van der Waals surface area contributed by atoms with Crippen LogP contribution in [0.15, 0.2) is 27.8 Å². The highest BCUT2D eigenvalue weighted by atomic mass is 32.2. The lowest BCUT2D eigenvalue weighted by Crippen LogP contribution is -2.43. The van der Waals surface area contributed by atoms with E-state index in [4.69, 9.17) is 14.1 Å². The summed E-state index contributed by atoms with van der Waals surface area (Å²) in [6.07, 6.45) is 9.70. The molecule has 1 aromatic rings. The Labute approximate surface area is 149 Å². The lowest BCUT2D eigenvalue weighted by molar-refractivity contribution is 0.187. The second kappa shape index (κ2) is 9.37. The Bertz CT molecular complexity index is 500. The van der Waals surface area contributed by atoms with Crippen LogP contribution in [-0.2, 0) is 11.2 Å². The van der Waals surface area contributed by atoms with Gasteiger partial charge in [-0.15, -0.1) is 0 Å². The predicted molar refractivity (Wildman–Crippen MR) is 99.7 cm³/mol. The van der Waals surface area contributed by atoms with Crippen LogP contribution < -0.4 is 10.6 Å². The molecule has 0 radical (unpaired) electrons. The van der Waals surface area contributed by atoms with Crippen molar-refractivity contribution in [3.05, 3.63) is 24.2 Å². The minimum absolute atomic E-state index is 0.539. The van der Waals surface area contributed by atoms with Crippen molar-refractivity contribution < 1.29 is 9.15 Å². The lowest BCUT2D eigenvalue weighted by Gasteiger charge is -2.18. The van der Waals surface area contributed by atoms with Crippen molar-refractivity contribution in [1.82, 2.24) is 10.6 Å². The molecule has 1 aliphatic heterocycles. The highest BCUT2D eigenvalue weighted by molar-refractivity contribution is 7.99. The van der Waals surface area contributed by atoms with Crippen molar-refractivity contribution in [2.45, 2.75) is 43.4 Å². The SMILES string of the molecule is CSC1CCC(NC(=NCC2CCOC2)NCCc2ccco2)C1. The Hall–Kier alpha value is -1.14. The maximum absolute atomic E-state index is 5.46. The first-order valence-corrected chi connectivity index (χ1v) is 10.3. The largest absolute Gasteiger partial charge is 0.469 e. The quantitative estimate of drug-likeness (QED) is 0.584. The fourth-order valence-corrected chi connectivity index (χ4v) is 4.13. The highest BCUT2D eigenvalue weighted by Gasteiger charge is 2.24. The monoisotopic (exact) mass is 351 g/mol. The molecule has 3 rings (SSSR count). The minimum Gasteiger partial charge on any atom is -0.469 e. The average Bonchev–Trinajstić information content (AvgIpc) is 3.34. The van der Waals surface area contributed by atoms with Crippen LogP contribution in [0.4, 0.5) is 0 Å². The van der Waals surface area contributed by atoms with E-state index in [-0.39, 0.29) is 0 Å². The third kappa shape index (κ3) is 5.45. The third-order valence-electron chi connectivity index (χ3n) is 4.83. The molecule has 2 fully saturated rings. The van der Waals surface area contributed by atoms with Crippen LogP contribution in [0.1, 0.15) is 31.4 Å². The van der Waals surface area contributed by atoms with E-state index >= 15 is 0 Å². The molecule has 2 heterocycles. The first kappa shape index (κ1) is 17.7. The molecule has 1 saturated heterocycles. The number of guanidine groups is 1. The van der Waals surface area contributed by atoms with Gasteiger partial charge in [0.25, 0.3) is 0 Å². The molecule has 1 aromatic heterocycles. The van der Waals surface area contributed by atoms with E-state index < -0.39 is 0 Å². The van der Waals surface area contributed by atoms with Crippen molar-refractivity contribution in [3.8, 4) is 0 Å². The third-order valence-corrected chi connectivity index (χ3v) is 5.93. The first-order chi connectivity index (χ1) is 11.8. The molecule has 134 valence electrons. The van der Waals surface area contributed by atoms with Crippen LogP contribution in [0.3, 0.4) is 0 Å². The summed E-state index contributed by atoms with van der Waals surface area (Å²) >= 11 is 1.98. The van der Waals surface area contributed by atoms with Crippen LogP contribution in [0.25, 0.3) is 0 Å². The number of thioether (sulfide) groups is 1. The number of aliphatic imine (C=N–C) groups is 1. The zero-order valence-electron chi connectivity index (χ0n) is 14.5. The summed E-state index contributed by atoms with van der Waals surface area (Å²) in [6, 6.07) is 4.49. The molecule has 0 spiro atoms. The van der Waals surface area contributed by atoms with E-state index in [1.54, 1.807) is 6.26 Å². The van der Waals surface area contributed by atoms with E-state index in [9.17, 15) is 0 Å². The van der Waals surface area contributed by atoms with Crippen molar-refractivity contribution in [2.75, 3.05) is 32.6 Å². The minimum atomic E-state index is 0.539. The van der Waals surface area contributed by atoms with Gasteiger partial charge in [0.05, 0.1) is 12.9 Å². The molecule has 0 aromatic carbocycles. The molecule has 1 saturated carbocycles. The average molecular weight is 352 g/mol. The standard InChI is InChI=1S/C18H29N3O2S/c1-24-17-5-4-15(11-17)21-18(20-12-14-7-10-22-13-14)19-8-6-16-3-2-9-23-16/h2-3,9,14-15,17H,4-8,10-13H2,1H3,(H2,19,20,21). The van der Waals surface area contributed by atoms with Gasteiger partial charge in [-0.25, -0.2) is 0 Å². The smallest absolute Gasteiger partial charge is 0.191 e. The van der Waals surface area contributed by atoms with Crippen molar-refractivity contribution in [2.24, 2.45) is 10.9 Å². The molecule has 3 atom stereocenters. The molecular weight excluding hydrogens is 322 g/mol. The normalized spacial score (nSPS) is 27.5. The Balaban J connectivity index is 1.50. The summed E-state index contributed by atoms with van der Waals surface area (Å²) in [5.74, 6) is 2.52. The second-order valence-corrected chi connectivity index (χ2v) is 7.83. The topological polar surface area (TPSA) is 58.8 Å². The van der Waals surface area contributed by atoms with Gasteiger partial charge in [-0.3, -0.25) is 4.99 Å². The number of ether oxygens (including phenoxy) is 1. The zero-order valence-corrected chi connectivity index (χ0v) is 15.3. The van der Waals surface area contributed by atoms with Crippen molar-refractivity contribution in [1.29, 1.82) is 0 Å². The van der Waals surface area contributed by atoms with Gasteiger partial charge in [0.15, 0.2) is 5.96 Å². The van der Waals surface area contributed by atoms with Crippen LogP contribution in [0, 0.1) is 5.92 Å². The number of furan rings is 1. The Kier molecular flexibility index (Phi) is 6.90.